The summed E-state index contributed by atoms with van der Waals surface area (Å²) in [7, 11) is 1.39. The van der Waals surface area contributed by atoms with Gasteiger partial charge in [-0.05, 0) is 42.3 Å². The van der Waals surface area contributed by atoms with Gasteiger partial charge in [-0.25, -0.2) is 16.0 Å². The molecule has 3 aliphatic rings. The number of allylic oxidation sites excluding steroid dienone is 2. The number of rotatable bonds is 8. The van der Waals surface area contributed by atoms with Crippen LogP contribution >= 0.6 is 11.6 Å². The van der Waals surface area contributed by atoms with Crippen LogP contribution in [0.1, 0.15) is 49.3 Å². The number of hydrogen-bond donors (Lipinski definition) is 3. The van der Waals surface area contributed by atoms with Gasteiger partial charge in [0.15, 0.2) is 0 Å². The Bertz CT molecular complexity index is 1500. The van der Waals surface area contributed by atoms with E-state index in [-0.39, 0.29) is 98.2 Å². The number of aromatic amines is 1. The number of nitrogens with zero attached hydrogens (tertiary/aromatic N) is 1. The van der Waals surface area contributed by atoms with Crippen LogP contribution < -0.4 is 67.0 Å². The van der Waals surface area contributed by atoms with E-state index in [2.05, 4.69) is 17.2 Å². The number of nitrogens with one attached hydrogen (secondary N) is 3. The largest absolute Gasteiger partial charge is 1.00 e. The Morgan fingerprint density at radius 2 is 2.12 bits per heavy atom. The van der Waals surface area contributed by atoms with Crippen LogP contribution in [0.25, 0.3) is 11.3 Å². The predicted octanol–water partition coefficient (Wildman–Crippen LogP) is 2.32. The number of carbonyl (C=O) groups excluding carboxylic acids is 1. The zero-order chi connectivity index (χ0) is 29.9. The summed E-state index contributed by atoms with van der Waals surface area (Å²) < 4.78 is 37.4. The summed E-state index contributed by atoms with van der Waals surface area (Å²) in [5.74, 6) is -0.508. The number of alkyl halides is 2. The molecule has 12 heteroatoms. The monoisotopic (exact) mass is 623 g/mol. The van der Waals surface area contributed by atoms with Gasteiger partial charge >= 0.3 is 51.4 Å². The Kier molecular flexibility index (Phi) is 11.9. The summed E-state index contributed by atoms with van der Waals surface area (Å²) in [6.07, 6.45) is 5.36. The maximum Gasteiger partial charge on any atom is 1.00 e. The first-order chi connectivity index (χ1) is 19.5. The van der Waals surface area contributed by atoms with E-state index in [1.165, 1.54) is 25.5 Å². The summed E-state index contributed by atoms with van der Waals surface area (Å²) in [6.45, 7) is 11.2. The molecule has 0 spiro atoms. The molecule has 0 radical (unpaired) electrons. The Morgan fingerprint density at radius 3 is 2.74 bits per heavy atom. The van der Waals surface area contributed by atoms with Gasteiger partial charge in [0.1, 0.15) is 22.1 Å². The third-order valence-electron chi connectivity index (χ3n) is 7.11. The van der Waals surface area contributed by atoms with E-state index in [1.54, 1.807) is 6.07 Å². The van der Waals surface area contributed by atoms with Gasteiger partial charge in [0.25, 0.3) is 5.56 Å². The molecule has 2 atom stereocenters. The average molecular weight is 624 g/mol. The van der Waals surface area contributed by atoms with E-state index in [4.69, 9.17) is 38.0 Å². The topological polar surface area (TPSA) is 117 Å². The molecule has 1 aliphatic heterocycles. The maximum atomic E-state index is 15.7. The van der Waals surface area contributed by atoms with Crippen molar-refractivity contribution in [2.24, 2.45) is 0 Å². The fraction of sp³-hybridized carbons (Fsp3) is 0.367. The molecule has 1 fully saturated rings. The van der Waals surface area contributed by atoms with Gasteiger partial charge in [-0.15, -0.1) is 6.08 Å². The SMILES string of the molecule is [CH-]=C1C=C(C(=O)NCC(c2cc3c(c(-c4cc[nH]c(=O)c4Cl)n2)OCC3C)C2(F)CC2)C=C(OC)C1=N.[CH2-]CCF.[K+]. The molecule has 2 aromatic heterocycles. The molecule has 1 amide bonds. The number of fused-ring (bicyclic) bond motifs is 1. The maximum absolute atomic E-state index is 15.7. The zero-order valence-electron chi connectivity index (χ0n) is 23.8. The van der Waals surface area contributed by atoms with E-state index in [1.807, 2.05) is 13.0 Å². The van der Waals surface area contributed by atoms with E-state index in [0.29, 0.717) is 48.6 Å². The number of hydrogen-bond acceptors (Lipinski definition) is 6. The summed E-state index contributed by atoms with van der Waals surface area (Å²) in [5.41, 5.74) is 0.344. The minimum Gasteiger partial charge on any atom is -0.507 e. The molecule has 218 valence electrons. The molecule has 42 heavy (non-hydrogen) atoms. The van der Waals surface area contributed by atoms with Crippen LogP contribution in [0.4, 0.5) is 8.78 Å². The smallest absolute Gasteiger partial charge is 0.507 e. The van der Waals surface area contributed by atoms with Gasteiger partial charge in [0.2, 0.25) is 5.91 Å². The van der Waals surface area contributed by atoms with Gasteiger partial charge in [0.05, 0.1) is 32.1 Å². The summed E-state index contributed by atoms with van der Waals surface area (Å²) in [6, 6.07) is 3.46. The summed E-state index contributed by atoms with van der Waals surface area (Å²) >= 11 is 6.31. The predicted molar refractivity (Wildman–Crippen MR) is 153 cm³/mol. The number of H-pyrrole nitrogens is 1. The van der Waals surface area contributed by atoms with Gasteiger partial charge in [-0.1, -0.05) is 18.5 Å². The van der Waals surface area contributed by atoms with Gasteiger partial charge in [0, 0.05) is 35.5 Å². The van der Waals surface area contributed by atoms with Crippen molar-refractivity contribution < 1.29 is 74.4 Å². The zero-order valence-corrected chi connectivity index (χ0v) is 27.7. The number of ether oxygens (including phenoxy) is 2. The van der Waals surface area contributed by atoms with Crippen molar-refractivity contribution in [2.45, 2.75) is 43.7 Å². The van der Waals surface area contributed by atoms with Crippen LogP contribution in [0, 0.1) is 18.9 Å². The summed E-state index contributed by atoms with van der Waals surface area (Å²) in [4.78, 5) is 32.4. The Labute approximate surface area is 290 Å². The number of methoxy groups -OCH3 is 1. The molecule has 0 saturated heterocycles. The van der Waals surface area contributed by atoms with Gasteiger partial charge in [-0.2, -0.15) is 12.0 Å². The first kappa shape index (κ1) is 34.3. The normalized spacial score (nSPS) is 18.7. The molecule has 0 bridgehead atoms. The molecule has 5 rings (SSSR count). The van der Waals surface area contributed by atoms with Crippen molar-refractivity contribution in [3.05, 3.63) is 87.5 Å². The first-order valence-corrected chi connectivity index (χ1v) is 13.5. The summed E-state index contributed by atoms with van der Waals surface area (Å²) in [5, 5.41) is 10.7. The van der Waals surface area contributed by atoms with Crippen molar-refractivity contribution in [3.8, 4) is 17.0 Å². The molecule has 3 N–H and O–H groups in total. The molecule has 8 nitrogen and oxygen atoms in total. The van der Waals surface area contributed by atoms with E-state index < -0.39 is 23.1 Å². The fourth-order valence-electron chi connectivity index (χ4n) is 4.64. The number of carbonyl (C=O) groups is 1. The first-order valence-electron chi connectivity index (χ1n) is 13.1. The van der Waals surface area contributed by atoms with Crippen LogP contribution in [-0.2, 0) is 9.53 Å². The number of aromatic nitrogens is 2. The van der Waals surface area contributed by atoms with Crippen molar-refractivity contribution in [1.29, 1.82) is 5.41 Å². The van der Waals surface area contributed by atoms with Crippen LogP contribution in [0.2, 0.25) is 5.02 Å². The number of amides is 1. The molecular weight excluding hydrogens is 593 g/mol. The van der Waals surface area contributed by atoms with Crippen molar-refractivity contribution in [2.75, 3.05) is 26.9 Å². The van der Waals surface area contributed by atoms with E-state index in [0.717, 1.165) is 5.56 Å². The third kappa shape index (κ3) is 7.31. The van der Waals surface area contributed by atoms with Crippen LogP contribution in [0.15, 0.2) is 52.2 Å². The second kappa shape index (κ2) is 14.5. The molecule has 2 aliphatic carbocycles. The standard InChI is InChI=1S/C27H25ClFN4O4.C3H6F.K/c1-13-8-15(9-20(36-3)22(13)30)25(34)32-11-18(27(29)5-6-27)19-10-17-14(2)12-37-24(17)23(33-19)16-4-7-31-26(35)21(16)28;1-2-3-4;/h1,4,7-10,14,18,30H,5-6,11-12H2,2-3H3,(H,31,35)(H,32,34);1-3H2;/q2*-1;+1. The van der Waals surface area contributed by atoms with Crippen LogP contribution in [-0.4, -0.2) is 54.2 Å². The van der Waals surface area contributed by atoms with Crippen molar-refractivity contribution in [3.63, 3.8) is 0 Å². The average Bonchev–Trinajstić information content (AvgIpc) is 3.60. The molecule has 2 unspecified atom stereocenters. The van der Waals surface area contributed by atoms with Crippen LogP contribution in [0.3, 0.4) is 0 Å². The number of halogens is 3. The Hall–Kier alpha value is -2.15. The van der Waals surface area contributed by atoms with Gasteiger partial charge in [-0.3, -0.25) is 14.0 Å². The van der Waals surface area contributed by atoms with Crippen molar-refractivity contribution in [1.82, 2.24) is 15.3 Å². The molecule has 0 aromatic carbocycles. The molecule has 3 heterocycles. The Morgan fingerprint density at radius 1 is 1.43 bits per heavy atom. The van der Waals surface area contributed by atoms with E-state index in [9.17, 15) is 14.0 Å². The van der Waals surface area contributed by atoms with Gasteiger partial charge < -0.3 is 32.1 Å². The molecule has 1 saturated carbocycles. The minimum absolute atomic E-state index is 0. The second-order valence-electron chi connectivity index (χ2n) is 10.0. The Balaban J connectivity index is 0.000000911. The number of pyridine rings is 2. The molecular formula is C30H31ClF2KN4O4-. The minimum atomic E-state index is -1.53. The third-order valence-corrected chi connectivity index (χ3v) is 7.49. The second-order valence-corrected chi connectivity index (χ2v) is 10.4. The van der Waals surface area contributed by atoms with Crippen molar-refractivity contribution >= 4 is 23.2 Å². The van der Waals surface area contributed by atoms with Crippen LogP contribution in [0.5, 0.6) is 5.75 Å². The fourth-order valence-corrected chi connectivity index (χ4v) is 4.85. The quantitative estimate of drug-likeness (QED) is 0.308. The van der Waals surface area contributed by atoms with E-state index >= 15 is 4.39 Å². The molecule has 2 aromatic rings.